The van der Waals surface area contributed by atoms with Crippen LogP contribution in [0.1, 0.15) is 12.8 Å². The average Bonchev–Trinajstić information content (AvgIpc) is 2.83. The van der Waals surface area contributed by atoms with Gasteiger partial charge in [-0.05, 0) is 55.3 Å². The van der Waals surface area contributed by atoms with Crippen LogP contribution < -0.4 is 20.7 Å². The van der Waals surface area contributed by atoms with Crippen LogP contribution >= 0.6 is 11.8 Å². The minimum Gasteiger partial charge on any atom is -0.495 e. The van der Waals surface area contributed by atoms with E-state index >= 15 is 0 Å². The molecule has 1 saturated heterocycles. The Balaban J connectivity index is 1.41. The molecule has 0 unspecified atom stereocenters. The minimum absolute atomic E-state index is 0.177. The SMILES string of the molecule is COc1ccccc1NC(=O)N1CCC(CNC(=O)C(=O)Nc2cccc(SC)c2)CC1. The fourth-order valence-electron chi connectivity index (χ4n) is 3.49. The van der Waals surface area contributed by atoms with E-state index in [1.807, 2.05) is 36.6 Å². The molecule has 2 aromatic carbocycles. The quantitative estimate of drug-likeness (QED) is 0.457. The topological polar surface area (TPSA) is 99.8 Å². The van der Waals surface area contributed by atoms with Gasteiger partial charge in [0.1, 0.15) is 5.75 Å². The number of carbonyl (C=O) groups is 3. The number of methoxy groups -OCH3 is 1. The van der Waals surface area contributed by atoms with Crippen LogP contribution in [-0.4, -0.2) is 55.7 Å². The molecular weight excluding hydrogens is 428 g/mol. The monoisotopic (exact) mass is 456 g/mol. The van der Waals surface area contributed by atoms with Gasteiger partial charge in [-0.1, -0.05) is 18.2 Å². The number of benzene rings is 2. The number of rotatable bonds is 6. The van der Waals surface area contributed by atoms with E-state index in [4.69, 9.17) is 4.74 Å². The third kappa shape index (κ3) is 6.40. The number of ether oxygens (including phenoxy) is 1. The summed E-state index contributed by atoms with van der Waals surface area (Å²) in [4.78, 5) is 39.6. The lowest BCUT2D eigenvalue weighted by Gasteiger charge is -2.32. The van der Waals surface area contributed by atoms with Gasteiger partial charge in [0, 0.05) is 30.2 Å². The average molecular weight is 457 g/mol. The molecule has 0 atom stereocenters. The summed E-state index contributed by atoms with van der Waals surface area (Å²) in [5.74, 6) is -0.522. The summed E-state index contributed by atoms with van der Waals surface area (Å²) >= 11 is 1.56. The molecule has 4 amide bonds. The highest BCUT2D eigenvalue weighted by Gasteiger charge is 2.24. The summed E-state index contributed by atoms with van der Waals surface area (Å²) in [7, 11) is 1.56. The van der Waals surface area contributed by atoms with Gasteiger partial charge in [-0.25, -0.2) is 4.79 Å². The number of likely N-dealkylation sites (tertiary alicyclic amines) is 1. The Labute approximate surface area is 192 Å². The van der Waals surface area contributed by atoms with Gasteiger partial charge in [0.05, 0.1) is 12.8 Å². The van der Waals surface area contributed by atoms with Crippen molar-refractivity contribution in [3.05, 3.63) is 48.5 Å². The number of amides is 4. The Bertz CT molecular complexity index is 961. The lowest BCUT2D eigenvalue weighted by molar-refractivity contribution is -0.136. The van der Waals surface area contributed by atoms with Gasteiger partial charge in [-0.3, -0.25) is 9.59 Å². The van der Waals surface area contributed by atoms with Crippen LogP contribution in [-0.2, 0) is 9.59 Å². The molecule has 8 nitrogen and oxygen atoms in total. The highest BCUT2D eigenvalue weighted by Crippen LogP contribution is 2.24. The minimum atomic E-state index is -0.683. The molecule has 1 heterocycles. The lowest BCUT2D eigenvalue weighted by Crippen LogP contribution is -2.44. The van der Waals surface area contributed by atoms with Crippen molar-refractivity contribution in [1.82, 2.24) is 10.2 Å². The van der Waals surface area contributed by atoms with E-state index in [0.717, 1.165) is 17.7 Å². The number of thioether (sulfide) groups is 1. The zero-order valence-corrected chi connectivity index (χ0v) is 19.0. The van der Waals surface area contributed by atoms with Crippen LogP contribution in [0.4, 0.5) is 16.2 Å². The van der Waals surface area contributed by atoms with Gasteiger partial charge in [0.2, 0.25) is 0 Å². The first kappa shape index (κ1) is 23.5. The molecule has 0 aliphatic carbocycles. The Kier molecular flexibility index (Phi) is 8.38. The summed E-state index contributed by atoms with van der Waals surface area (Å²) in [6, 6.07) is 14.4. The van der Waals surface area contributed by atoms with E-state index in [1.54, 1.807) is 42.0 Å². The molecule has 0 spiro atoms. The Morgan fingerprint density at radius 1 is 1.03 bits per heavy atom. The Hall–Kier alpha value is -3.20. The summed E-state index contributed by atoms with van der Waals surface area (Å²) in [5, 5.41) is 8.21. The number of nitrogens with zero attached hydrogens (tertiary/aromatic N) is 1. The first-order valence-corrected chi connectivity index (χ1v) is 11.6. The maximum absolute atomic E-state index is 12.6. The first-order valence-electron chi connectivity index (χ1n) is 10.4. The molecule has 32 heavy (non-hydrogen) atoms. The van der Waals surface area contributed by atoms with Crippen molar-refractivity contribution in [2.75, 3.05) is 43.6 Å². The molecule has 2 aromatic rings. The van der Waals surface area contributed by atoms with Crippen LogP contribution in [0.25, 0.3) is 0 Å². The van der Waals surface area contributed by atoms with Crippen LogP contribution in [0, 0.1) is 5.92 Å². The highest BCUT2D eigenvalue weighted by atomic mass is 32.2. The summed E-state index contributed by atoms with van der Waals surface area (Å²) in [6.07, 6.45) is 3.44. The largest absolute Gasteiger partial charge is 0.495 e. The van der Waals surface area contributed by atoms with Crippen LogP contribution in [0.2, 0.25) is 0 Å². The predicted molar refractivity (Wildman–Crippen MR) is 126 cm³/mol. The number of piperidine rings is 1. The zero-order chi connectivity index (χ0) is 22.9. The van der Waals surface area contributed by atoms with E-state index in [0.29, 0.717) is 36.8 Å². The van der Waals surface area contributed by atoms with E-state index in [9.17, 15) is 14.4 Å². The highest BCUT2D eigenvalue weighted by molar-refractivity contribution is 7.98. The second-order valence-electron chi connectivity index (χ2n) is 7.46. The number of para-hydroxylation sites is 2. The van der Waals surface area contributed by atoms with Gasteiger partial charge in [-0.15, -0.1) is 11.8 Å². The molecule has 9 heteroatoms. The number of carbonyl (C=O) groups excluding carboxylic acids is 3. The normalized spacial score (nSPS) is 13.9. The fraction of sp³-hybridized carbons (Fsp3) is 0.348. The lowest BCUT2D eigenvalue weighted by atomic mass is 9.97. The smallest absolute Gasteiger partial charge is 0.321 e. The third-order valence-corrected chi connectivity index (χ3v) is 6.06. The molecule has 0 saturated carbocycles. The molecule has 170 valence electrons. The van der Waals surface area contributed by atoms with Crippen molar-refractivity contribution in [3.63, 3.8) is 0 Å². The van der Waals surface area contributed by atoms with Gasteiger partial charge in [0.25, 0.3) is 0 Å². The number of nitrogens with one attached hydrogen (secondary N) is 3. The zero-order valence-electron chi connectivity index (χ0n) is 18.2. The number of anilines is 2. The molecule has 1 aliphatic heterocycles. The van der Waals surface area contributed by atoms with Crippen molar-refractivity contribution in [3.8, 4) is 5.75 Å². The van der Waals surface area contributed by atoms with Crippen molar-refractivity contribution >= 4 is 41.0 Å². The van der Waals surface area contributed by atoms with Gasteiger partial charge in [0.15, 0.2) is 0 Å². The van der Waals surface area contributed by atoms with Crippen molar-refractivity contribution in [2.24, 2.45) is 5.92 Å². The third-order valence-electron chi connectivity index (χ3n) is 5.34. The maximum atomic E-state index is 12.6. The molecule has 0 aromatic heterocycles. The predicted octanol–water partition coefficient (Wildman–Crippen LogP) is 3.42. The van der Waals surface area contributed by atoms with Gasteiger partial charge >= 0.3 is 17.8 Å². The Morgan fingerprint density at radius 2 is 1.78 bits per heavy atom. The molecule has 1 aliphatic rings. The van der Waals surface area contributed by atoms with Crippen molar-refractivity contribution in [1.29, 1.82) is 0 Å². The molecule has 3 rings (SSSR count). The fourth-order valence-corrected chi connectivity index (χ4v) is 3.95. The molecule has 1 fully saturated rings. The van der Waals surface area contributed by atoms with Crippen LogP contribution in [0.3, 0.4) is 0 Å². The van der Waals surface area contributed by atoms with Crippen molar-refractivity contribution in [2.45, 2.75) is 17.7 Å². The molecule has 0 bridgehead atoms. The first-order chi connectivity index (χ1) is 15.5. The van der Waals surface area contributed by atoms with Gasteiger partial charge in [-0.2, -0.15) is 0 Å². The molecule has 0 radical (unpaired) electrons. The van der Waals surface area contributed by atoms with E-state index in [2.05, 4.69) is 16.0 Å². The molecular formula is C23H28N4O4S. The van der Waals surface area contributed by atoms with Crippen molar-refractivity contribution < 1.29 is 19.1 Å². The Morgan fingerprint density at radius 3 is 2.50 bits per heavy atom. The van der Waals surface area contributed by atoms with Gasteiger partial charge < -0.3 is 25.6 Å². The number of hydrogen-bond donors (Lipinski definition) is 3. The van der Waals surface area contributed by atoms with E-state index in [-0.39, 0.29) is 11.9 Å². The number of hydrogen-bond acceptors (Lipinski definition) is 5. The van der Waals surface area contributed by atoms with Crippen LogP contribution in [0.5, 0.6) is 5.75 Å². The van der Waals surface area contributed by atoms with E-state index < -0.39 is 11.8 Å². The number of urea groups is 1. The summed E-state index contributed by atoms with van der Waals surface area (Å²) in [6.45, 7) is 1.56. The summed E-state index contributed by atoms with van der Waals surface area (Å²) < 4.78 is 5.27. The standard InChI is InChI=1S/C23H28N4O4S/c1-31-20-9-4-3-8-19(20)26-23(30)27-12-10-16(11-13-27)15-24-21(28)22(29)25-17-6-5-7-18(14-17)32-2/h3-9,14,16H,10-13,15H2,1-2H3,(H,24,28)(H,25,29)(H,26,30). The van der Waals surface area contributed by atoms with Crippen LogP contribution in [0.15, 0.2) is 53.4 Å². The second-order valence-corrected chi connectivity index (χ2v) is 8.34. The van der Waals surface area contributed by atoms with E-state index in [1.165, 1.54) is 0 Å². The summed E-state index contributed by atoms with van der Waals surface area (Å²) in [5.41, 5.74) is 1.22. The molecule has 3 N–H and O–H groups in total. The second kappa shape index (κ2) is 11.4. The maximum Gasteiger partial charge on any atom is 0.321 e.